The van der Waals surface area contributed by atoms with Gasteiger partial charge in [0.05, 0.1) is 0 Å². The van der Waals surface area contributed by atoms with Crippen LogP contribution in [0, 0.1) is 5.41 Å². The molecule has 1 heterocycles. The standard InChI is InChI=1S/C17H24ClNO/c1-4-9-19-14-11-17(3,16(2)7-8-16)20-15-6-5-12(18)10-13(14)15/h5-6,10,14,19H,4,7-9,11H2,1-3H3. The van der Waals surface area contributed by atoms with Crippen LogP contribution >= 0.6 is 11.6 Å². The average Bonchev–Trinajstić information content (AvgIpc) is 3.16. The first-order chi connectivity index (χ1) is 9.47. The van der Waals surface area contributed by atoms with E-state index in [2.05, 4.69) is 32.2 Å². The van der Waals surface area contributed by atoms with Crippen molar-refractivity contribution in [3.05, 3.63) is 28.8 Å². The van der Waals surface area contributed by atoms with E-state index in [9.17, 15) is 0 Å². The number of nitrogens with one attached hydrogen (secondary N) is 1. The molecular weight excluding hydrogens is 270 g/mol. The van der Waals surface area contributed by atoms with Crippen LogP contribution in [0.2, 0.25) is 5.02 Å². The second-order valence-corrected chi connectivity index (χ2v) is 7.22. The maximum absolute atomic E-state index is 6.41. The highest BCUT2D eigenvalue weighted by Gasteiger charge is 2.57. The van der Waals surface area contributed by atoms with Gasteiger partial charge in [-0.2, -0.15) is 0 Å². The molecule has 1 aromatic carbocycles. The molecule has 110 valence electrons. The molecule has 0 amide bonds. The van der Waals surface area contributed by atoms with Gasteiger partial charge in [-0.3, -0.25) is 0 Å². The normalized spacial score (nSPS) is 30.5. The van der Waals surface area contributed by atoms with Crippen molar-refractivity contribution in [1.82, 2.24) is 5.32 Å². The molecule has 0 saturated heterocycles. The highest BCUT2D eigenvalue weighted by Crippen LogP contribution is 2.59. The van der Waals surface area contributed by atoms with Gasteiger partial charge >= 0.3 is 0 Å². The summed E-state index contributed by atoms with van der Waals surface area (Å²) in [5.74, 6) is 1.00. The van der Waals surface area contributed by atoms with Crippen molar-refractivity contribution in [2.75, 3.05) is 6.54 Å². The monoisotopic (exact) mass is 293 g/mol. The first kappa shape index (κ1) is 14.2. The predicted octanol–water partition coefficient (Wildman–Crippen LogP) is 4.72. The third-order valence-corrected chi connectivity index (χ3v) is 5.43. The Bertz CT molecular complexity index is 512. The molecule has 2 atom stereocenters. The molecule has 0 spiro atoms. The maximum Gasteiger partial charge on any atom is 0.125 e. The van der Waals surface area contributed by atoms with Crippen molar-refractivity contribution in [2.24, 2.45) is 5.41 Å². The van der Waals surface area contributed by atoms with Gasteiger partial charge in [-0.05, 0) is 50.9 Å². The van der Waals surface area contributed by atoms with Gasteiger partial charge in [0.15, 0.2) is 0 Å². The van der Waals surface area contributed by atoms with Crippen LogP contribution in [0.15, 0.2) is 18.2 Å². The van der Waals surface area contributed by atoms with Gasteiger partial charge in [0, 0.05) is 28.5 Å². The van der Waals surface area contributed by atoms with Crippen molar-refractivity contribution in [3.8, 4) is 5.75 Å². The summed E-state index contributed by atoms with van der Waals surface area (Å²) in [4.78, 5) is 0. The van der Waals surface area contributed by atoms with Crippen molar-refractivity contribution in [3.63, 3.8) is 0 Å². The molecule has 3 heteroatoms. The zero-order valence-electron chi connectivity index (χ0n) is 12.6. The van der Waals surface area contributed by atoms with Crippen molar-refractivity contribution < 1.29 is 4.74 Å². The van der Waals surface area contributed by atoms with Gasteiger partial charge in [-0.25, -0.2) is 0 Å². The van der Waals surface area contributed by atoms with Gasteiger partial charge < -0.3 is 10.1 Å². The van der Waals surface area contributed by atoms with Gasteiger partial charge in [0.1, 0.15) is 11.4 Å². The smallest absolute Gasteiger partial charge is 0.125 e. The molecule has 20 heavy (non-hydrogen) atoms. The Hall–Kier alpha value is -0.730. The summed E-state index contributed by atoms with van der Waals surface area (Å²) in [6, 6.07) is 6.36. The van der Waals surface area contributed by atoms with Gasteiger partial charge in [-0.1, -0.05) is 25.4 Å². The minimum absolute atomic E-state index is 0.0702. The van der Waals surface area contributed by atoms with Crippen LogP contribution in [0.5, 0.6) is 5.75 Å². The summed E-state index contributed by atoms with van der Waals surface area (Å²) in [5.41, 5.74) is 1.48. The molecule has 1 aliphatic heterocycles. The van der Waals surface area contributed by atoms with E-state index in [0.29, 0.717) is 11.5 Å². The Morgan fingerprint density at radius 2 is 2.10 bits per heavy atom. The number of halogens is 1. The largest absolute Gasteiger partial charge is 0.487 e. The van der Waals surface area contributed by atoms with E-state index in [1.54, 1.807) is 0 Å². The highest BCUT2D eigenvalue weighted by molar-refractivity contribution is 6.30. The van der Waals surface area contributed by atoms with Gasteiger partial charge in [0.2, 0.25) is 0 Å². The molecule has 1 fully saturated rings. The fraction of sp³-hybridized carbons (Fsp3) is 0.647. The van der Waals surface area contributed by atoms with E-state index >= 15 is 0 Å². The van der Waals surface area contributed by atoms with E-state index in [1.807, 2.05) is 12.1 Å². The van der Waals surface area contributed by atoms with Crippen LogP contribution < -0.4 is 10.1 Å². The van der Waals surface area contributed by atoms with Crippen LogP contribution in [0.25, 0.3) is 0 Å². The molecule has 1 saturated carbocycles. The Labute approximate surface area is 126 Å². The molecular formula is C17H24ClNO. The Balaban J connectivity index is 1.94. The highest BCUT2D eigenvalue weighted by atomic mass is 35.5. The second-order valence-electron chi connectivity index (χ2n) is 6.79. The zero-order chi connectivity index (χ0) is 14.4. The predicted molar refractivity (Wildman–Crippen MR) is 83.5 cm³/mol. The quantitative estimate of drug-likeness (QED) is 0.867. The summed E-state index contributed by atoms with van der Waals surface area (Å²) >= 11 is 6.17. The molecule has 0 aromatic heterocycles. The maximum atomic E-state index is 6.41. The Morgan fingerprint density at radius 1 is 1.35 bits per heavy atom. The van der Waals surface area contributed by atoms with Crippen LogP contribution in [-0.4, -0.2) is 12.1 Å². The summed E-state index contributed by atoms with van der Waals surface area (Å²) in [5, 5.41) is 4.46. The van der Waals surface area contributed by atoms with Crippen molar-refractivity contribution in [1.29, 1.82) is 0 Å². The molecule has 2 aliphatic rings. The molecule has 0 radical (unpaired) electrons. The molecule has 3 rings (SSSR count). The number of benzene rings is 1. The Morgan fingerprint density at radius 3 is 2.75 bits per heavy atom. The lowest BCUT2D eigenvalue weighted by Crippen LogP contribution is -2.47. The van der Waals surface area contributed by atoms with Crippen molar-refractivity contribution >= 4 is 11.6 Å². The average molecular weight is 294 g/mol. The van der Waals surface area contributed by atoms with E-state index < -0.39 is 0 Å². The minimum atomic E-state index is -0.0702. The lowest BCUT2D eigenvalue weighted by molar-refractivity contribution is -0.0133. The van der Waals surface area contributed by atoms with Crippen LogP contribution in [-0.2, 0) is 0 Å². The lowest BCUT2D eigenvalue weighted by atomic mass is 9.78. The first-order valence-corrected chi connectivity index (χ1v) is 8.07. The Kier molecular flexibility index (Phi) is 3.50. The minimum Gasteiger partial charge on any atom is -0.487 e. The van der Waals surface area contributed by atoms with Crippen LogP contribution in [0.1, 0.15) is 58.1 Å². The summed E-state index contributed by atoms with van der Waals surface area (Å²) in [7, 11) is 0. The van der Waals surface area contributed by atoms with Crippen LogP contribution in [0.4, 0.5) is 0 Å². The zero-order valence-corrected chi connectivity index (χ0v) is 13.4. The molecule has 2 unspecified atom stereocenters. The molecule has 0 bridgehead atoms. The molecule has 1 N–H and O–H groups in total. The molecule has 1 aromatic rings. The SMILES string of the molecule is CCCNC1CC(C)(C2(C)CC2)Oc2ccc(Cl)cc21. The van der Waals surface area contributed by atoms with Gasteiger partial charge in [-0.15, -0.1) is 0 Å². The number of hydrogen-bond acceptors (Lipinski definition) is 2. The third kappa shape index (κ3) is 2.33. The van der Waals surface area contributed by atoms with E-state index in [0.717, 1.165) is 30.2 Å². The van der Waals surface area contributed by atoms with Crippen molar-refractivity contribution in [2.45, 2.75) is 58.1 Å². The fourth-order valence-electron chi connectivity index (χ4n) is 3.26. The third-order valence-electron chi connectivity index (χ3n) is 5.19. The van der Waals surface area contributed by atoms with E-state index in [1.165, 1.54) is 18.4 Å². The topological polar surface area (TPSA) is 21.3 Å². The van der Waals surface area contributed by atoms with E-state index in [4.69, 9.17) is 16.3 Å². The van der Waals surface area contributed by atoms with Crippen LogP contribution in [0.3, 0.4) is 0 Å². The summed E-state index contributed by atoms with van der Waals surface area (Å²) in [6.45, 7) is 7.86. The van der Waals surface area contributed by atoms with Gasteiger partial charge in [0.25, 0.3) is 0 Å². The number of hydrogen-bond donors (Lipinski definition) is 1. The van der Waals surface area contributed by atoms with E-state index in [-0.39, 0.29) is 5.60 Å². The first-order valence-electron chi connectivity index (χ1n) is 7.69. The fourth-order valence-corrected chi connectivity index (χ4v) is 3.44. The summed E-state index contributed by atoms with van der Waals surface area (Å²) in [6.07, 6.45) is 4.71. The number of ether oxygens (including phenoxy) is 1. The molecule has 1 aliphatic carbocycles. The second kappa shape index (κ2) is 4.92. The number of rotatable bonds is 4. The number of fused-ring (bicyclic) bond motifs is 1. The summed E-state index contributed by atoms with van der Waals surface area (Å²) < 4.78 is 6.41. The lowest BCUT2D eigenvalue weighted by Gasteiger charge is -2.44. The molecule has 2 nitrogen and oxygen atoms in total.